The van der Waals surface area contributed by atoms with Crippen molar-refractivity contribution >= 4 is 5.97 Å². The van der Waals surface area contributed by atoms with Gasteiger partial charge in [0.1, 0.15) is 6.10 Å². The molecule has 0 fully saturated rings. The molecule has 1 rings (SSSR count). The van der Waals surface area contributed by atoms with Gasteiger partial charge in [0.2, 0.25) is 0 Å². The zero-order valence-electron chi connectivity index (χ0n) is 11.8. The van der Waals surface area contributed by atoms with E-state index in [1.165, 1.54) is 5.56 Å². The first-order valence-electron chi connectivity index (χ1n) is 6.26. The number of hydrogen-bond acceptors (Lipinski definition) is 3. The second-order valence-corrected chi connectivity index (χ2v) is 4.90. The Labute approximate surface area is 109 Å². The summed E-state index contributed by atoms with van der Waals surface area (Å²) < 4.78 is 10.2. The normalized spacial score (nSPS) is 12.6. The zero-order valence-corrected chi connectivity index (χ0v) is 11.8. The van der Waals surface area contributed by atoms with Crippen molar-refractivity contribution in [3.05, 3.63) is 34.9 Å². The van der Waals surface area contributed by atoms with E-state index in [1.54, 1.807) is 7.11 Å². The fourth-order valence-electron chi connectivity index (χ4n) is 1.97. The molecule has 0 spiro atoms. The number of methoxy groups -OCH3 is 1. The van der Waals surface area contributed by atoms with Crippen molar-refractivity contribution in [2.75, 3.05) is 13.7 Å². The summed E-state index contributed by atoms with van der Waals surface area (Å²) in [6.45, 7) is 8.53. The van der Waals surface area contributed by atoms with Crippen molar-refractivity contribution in [2.45, 2.75) is 39.7 Å². The molecule has 0 aliphatic rings. The van der Waals surface area contributed by atoms with E-state index in [4.69, 9.17) is 9.47 Å². The molecule has 0 saturated carbocycles. The third kappa shape index (κ3) is 3.84. The fraction of sp³-hybridized carbons (Fsp3) is 0.533. The monoisotopic (exact) mass is 250 g/mol. The summed E-state index contributed by atoms with van der Waals surface area (Å²) in [5, 5.41) is 0. The van der Waals surface area contributed by atoms with E-state index in [0.29, 0.717) is 18.1 Å². The van der Waals surface area contributed by atoms with Gasteiger partial charge in [-0.2, -0.15) is 0 Å². The van der Waals surface area contributed by atoms with Gasteiger partial charge in [0, 0.05) is 7.11 Å². The number of rotatable bonds is 5. The van der Waals surface area contributed by atoms with Gasteiger partial charge in [-0.3, -0.25) is 0 Å². The minimum Gasteiger partial charge on any atom is -0.457 e. The van der Waals surface area contributed by atoms with Gasteiger partial charge in [0.25, 0.3) is 0 Å². The summed E-state index contributed by atoms with van der Waals surface area (Å²) in [7, 11) is 1.59. The summed E-state index contributed by atoms with van der Waals surface area (Å²) >= 11 is 0. The molecule has 1 aromatic carbocycles. The van der Waals surface area contributed by atoms with Crippen LogP contribution in [0.1, 0.15) is 48.2 Å². The summed E-state index contributed by atoms with van der Waals surface area (Å²) in [5.41, 5.74) is 2.98. The Bertz CT molecular complexity index is 410. The first-order chi connectivity index (χ1) is 8.45. The number of esters is 1. The van der Waals surface area contributed by atoms with E-state index < -0.39 is 0 Å². The van der Waals surface area contributed by atoms with E-state index in [0.717, 1.165) is 5.56 Å². The van der Waals surface area contributed by atoms with E-state index in [1.807, 2.05) is 32.0 Å². The van der Waals surface area contributed by atoms with E-state index in [9.17, 15) is 4.79 Å². The van der Waals surface area contributed by atoms with Crippen molar-refractivity contribution in [1.82, 2.24) is 0 Å². The average Bonchev–Trinajstić information content (AvgIpc) is 2.28. The van der Waals surface area contributed by atoms with Gasteiger partial charge >= 0.3 is 5.97 Å². The maximum atomic E-state index is 11.9. The number of ether oxygens (including phenoxy) is 2. The van der Waals surface area contributed by atoms with Gasteiger partial charge < -0.3 is 9.47 Å². The highest BCUT2D eigenvalue weighted by Crippen LogP contribution is 2.20. The Balaban J connectivity index is 2.78. The molecule has 3 nitrogen and oxygen atoms in total. The molecule has 100 valence electrons. The van der Waals surface area contributed by atoms with Crippen molar-refractivity contribution in [2.24, 2.45) is 0 Å². The highest BCUT2D eigenvalue weighted by atomic mass is 16.6. The van der Waals surface area contributed by atoms with Crippen LogP contribution >= 0.6 is 0 Å². The van der Waals surface area contributed by atoms with E-state index in [-0.39, 0.29) is 12.1 Å². The first-order valence-corrected chi connectivity index (χ1v) is 6.26. The third-order valence-electron chi connectivity index (χ3n) is 2.84. The van der Waals surface area contributed by atoms with Crippen LogP contribution < -0.4 is 0 Å². The van der Waals surface area contributed by atoms with Crippen LogP contribution in [0, 0.1) is 6.92 Å². The molecule has 1 unspecified atom stereocenters. The van der Waals surface area contributed by atoms with Gasteiger partial charge in [-0.15, -0.1) is 0 Å². The lowest BCUT2D eigenvalue weighted by molar-refractivity contribution is 0.0120. The van der Waals surface area contributed by atoms with Crippen LogP contribution in [0.4, 0.5) is 0 Å². The topological polar surface area (TPSA) is 35.5 Å². The van der Waals surface area contributed by atoms with Crippen LogP contribution in [0.5, 0.6) is 0 Å². The highest BCUT2D eigenvalue weighted by molar-refractivity contribution is 5.89. The standard InChI is InChI=1S/C15H22O3/c1-10(2)14-7-6-13(8-11(14)3)15(16)18-12(4)9-17-5/h6-8,10,12H,9H2,1-5H3. The predicted molar refractivity (Wildman–Crippen MR) is 72.0 cm³/mol. The molecular weight excluding hydrogens is 228 g/mol. The van der Waals surface area contributed by atoms with Crippen molar-refractivity contribution in [3.8, 4) is 0 Å². The van der Waals surface area contributed by atoms with Crippen LogP contribution in [-0.4, -0.2) is 25.8 Å². The molecule has 0 amide bonds. The number of aryl methyl sites for hydroxylation is 1. The largest absolute Gasteiger partial charge is 0.457 e. The Morgan fingerprint density at radius 3 is 2.44 bits per heavy atom. The smallest absolute Gasteiger partial charge is 0.338 e. The molecule has 1 aromatic rings. The van der Waals surface area contributed by atoms with Crippen LogP contribution in [0.3, 0.4) is 0 Å². The lowest BCUT2D eigenvalue weighted by atomic mass is 9.96. The van der Waals surface area contributed by atoms with Gasteiger partial charge in [-0.1, -0.05) is 19.9 Å². The molecule has 0 radical (unpaired) electrons. The number of benzene rings is 1. The van der Waals surface area contributed by atoms with Crippen molar-refractivity contribution in [1.29, 1.82) is 0 Å². The fourth-order valence-corrected chi connectivity index (χ4v) is 1.97. The third-order valence-corrected chi connectivity index (χ3v) is 2.84. The maximum Gasteiger partial charge on any atom is 0.338 e. The first kappa shape index (κ1) is 14.7. The van der Waals surface area contributed by atoms with Crippen LogP contribution in [0.25, 0.3) is 0 Å². The highest BCUT2D eigenvalue weighted by Gasteiger charge is 2.13. The predicted octanol–water partition coefficient (Wildman–Crippen LogP) is 3.31. The lowest BCUT2D eigenvalue weighted by Crippen LogP contribution is -2.19. The summed E-state index contributed by atoms with van der Waals surface area (Å²) in [4.78, 5) is 11.9. The number of carbonyl (C=O) groups excluding carboxylic acids is 1. The molecule has 0 aliphatic carbocycles. The molecule has 0 N–H and O–H groups in total. The van der Waals surface area contributed by atoms with Gasteiger partial charge in [-0.05, 0) is 43.0 Å². The molecule has 0 saturated heterocycles. The number of hydrogen-bond donors (Lipinski definition) is 0. The van der Waals surface area contributed by atoms with Crippen LogP contribution in [0.15, 0.2) is 18.2 Å². The van der Waals surface area contributed by atoms with Gasteiger partial charge in [0.15, 0.2) is 0 Å². The molecule has 0 aromatic heterocycles. The SMILES string of the molecule is COCC(C)OC(=O)c1ccc(C(C)C)c(C)c1. The van der Waals surface area contributed by atoms with E-state index >= 15 is 0 Å². The molecule has 1 atom stereocenters. The molecule has 0 bridgehead atoms. The van der Waals surface area contributed by atoms with Crippen molar-refractivity contribution in [3.63, 3.8) is 0 Å². The minimum atomic E-state index is -0.294. The lowest BCUT2D eigenvalue weighted by Gasteiger charge is -2.14. The molecule has 3 heteroatoms. The van der Waals surface area contributed by atoms with E-state index in [2.05, 4.69) is 13.8 Å². The quantitative estimate of drug-likeness (QED) is 0.752. The van der Waals surface area contributed by atoms with Gasteiger partial charge in [-0.25, -0.2) is 4.79 Å². The summed E-state index contributed by atoms with van der Waals surface area (Å²) in [6, 6.07) is 5.71. The Morgan fingerprint density at radius 1 is 1.28 bits per heavy atom. The van der Waals surface area contributed by atoms with Crippen LogP contribution in [0.2, 0.25) is 0 Å². The molecular formula is C15H22O3. The Hall–Kier alpha value is -1.35. The second kappa shape index (κ2) is 6.55. The Kier molecular flexibility index (Phi) is 5.35. The maximum absolute atomic E-state index is 11.9. The van der Waals surface area contributed by atoms with Gasteiger partial charge in [0.05, 0.1) is 12.2 Å². The summed E-state index contributed by atoms with van der Waals surface area (Å²) in [5.74, 6) is 0.167. The average molecular weight is 250 g/mol. The molecule has 0 aliphatic heterocycles. The number of carbonyl (C=O) groups is 1. The second-order valence-electron chi connectivity index (χ2n) is 4.90. The minimum absolute atomic E-state index is 0.229. The van der Waals surface area contributed by atoms with Crippen molar-refractivity contribution < 1.29 is 14.3 Å². The summed E-state index contributed by atoms with van der Waals surface area (Å²) in [6.07, 6.45) is -0.229. The van der Waals surface area contributed by atoms with Crippen LogP contribution in [-0.2, 0) is 9.47 Å². The molecule has 18 heavy (non-hydrogen) atoms. The zero-order chi connectivity index (χ0) is 13.7. The molecule has 0 heterocycles. The Morgan fingerprint density at radius 2 is 1.94 bits per heavy atom.